The predicted molar refractivity (Wildman–Crippen MR) is 40.9 cm³/mol. The summed E-state index contributed by atoms with van der Waals surface area (Å²) < 4.78 is 0. The summed E-state index contributed by atoms with van der Waals surface area (Å²) in [6.45, 7) is 0. The van der Waals surface area contributed by atoms with Gasteiger partial charge in [0, 0.05) is 0 Å². The van der Waals surface area contributed by atoms with Gasteiger partial charge < -0.3 is 20.4 Å². The third kappa shape index (κ3) is 5.45. The molecule has 0 heterocycles. The van der Waals surface area contributed by atoms with Gasteiger partial charge in [-0.05, 0) is 0 Å². The van der Waals surface area contributed by atoms with Crippen LogP contribution >= 0.6 is 0 Å². The highest BCUT2D eigenvalue weighted by Gasteiger charge is 2.09. The molecule has 0 aromatic carbocycles. The largest absolute Gasteiger partial charge is 0.503 e. The molecule has 12 heavy (non-hydrogen) atoms. The fourth-order valence-electron chi connectivity index (χ4n) is 0.584. The van der Waals surface area contributed by atoms with E-state index >= 15 is 0 Å². The second-order valence-electron chi connectivity index (χ2n) is 2.03. The molecule has 0 amide bonds. The highest BCUT2D eigenvalue weighted by Crippen LogP contribution is 2.02. The molecular formula is C7H10O5. The van der Waals surface area contributed by atoms with Crippen molar-refractivity contribution in [3.63, 3.8) is 0 Å². The minimum absolute atomic E-state index is 0.708. The average molecular weight is 174 g/mol. The molecule has 5 nitrogen and oxygen atoms in total. The van der Waals surface area contributed by atoms with Crippen LogP contribution in [0, 0.1) is 0 Å². The molecule has 68 valence electrons. The molecular weight excluding hydrogens is 164 g/mol. The quantitative estimate of drug-likeness (QED) is 0.416. The van der Waals surface area contributed by atoms with E-state index in [1.165, 1.54) is 0 Å². The Labute approximate surface area is 68.9 Å². The summed E-state index contributed by atoms with van der Waals surface area (Å²) >= 11 is 0. The van der Waals surface area contributed by atoms with E-state index in [1.54, 1.807) is 24.3 Å². The first kappa shape index (κ1) is 10.7. The molecule has 0 unspecified atom stereocenters. The fraction of sp³-hybridized carbons (Fsp3) is 0.286. The Bertz CT molecular complexity index is 176. The van der Waals surface area contributed by atoms with Gasteiger partial charge in [-0.3, -0.25) is 0 Å². The van der Waals surface area contributed by atoms with E-state index in [0.717, 1.165) is 0 Å². The van der Waals surface area contributed by atoms with Gasteiger partial charge in [-0.2, -0.15) is 0 Å². The van der Waals surface area contributed by atoms with Crippen molar-refractivity contribution < 1.29 is 25.2 Å². The fourth-order valence-corrected chi connectivity index (χ4v) is 0.584. The first-order valence-corrected chi connectivity index (χ1v) is 3.17. The Balaban J connectivity index is 0.000000261. The summed E-state index contributed by atoms with van der Waals surface area (Å²) in [4.78, 5) is 8.56. The summed E-state index contributed by atoms with van der Waals surface area (Å²) in [7, 11) is 0. The Morgan fingerprint density at radius 3 is 1.42 bits per heavy atom. The van der Waals surface area contributed by atoms with Crippen LogP contribution in [0.3, 0.4) is 0 Å². The molecule has 4 N–H and O–H groups in total. The monoisotopic (exact) mass is 174 g/mol. The molecule has 0 aromatic rings. The third-order valence-corrected chi connectivity index (χ3v) is 1.08. The van der Waals surface area contributed by atoms with Crippen LogP contribution in [0.5, 0.6) is 0 Å². The zero-order chi connectivity index (χ0) is 9.56. The lowest BCUT2D eigenvalue weighted by atomic mass is 10.1. The number of aliphatic hydroxyl groups is 2. The van der Waals surface area contributed by atoms with Crippen LogP contribution in [-0.4, -0.2) is 38.8 Å². The number of rotatable bonds is 0. The molecule has 0 aromatic heterocycles. The standard InChI is InChI=1S/C6H8O2.CH2O3/c7-5-3-1-2-4-6(5)8;2-1(3)4/h1-8H;(H2,2,3,4)/t5-,6-;/m1./s1. The zero-order valence-corrected chi connectivity index (χ0v) is 6.16. The van der Waals surface area contributed by atoms with Crippen molar-refractivity contribution in [1.29, 1.82) is 0 Å². The lowest BCUT2D eigenvalue weighted by molar-refractivity contribution is 0.0794. The van der Waals surface area contributed by atoms with Crippen LogP contribution in [0.15, 0.2) is 24.3 Å². The zero-order valence-electron chi connectivity index (χ0n) is 6.16. The summed E-state index contributed by atoms with van der Waals surface area (Å²) in [6.07, 6.45) is 3.25. The maximum absolute atomic E-state index is 8.79. The van der Waals surface area contributed by atoms with Crippen molar-refractivity contribution in [3.05, 3.63) is 24.3 Å². The Hall–Kier alpha value is -1.33. The second-order valence-corrected chi connectivity index (χ2v) is 2.03. The van der Waals surface area contributed by atoms with Gasteiger partial charge in [0.2, 0.25) is 0 Å². The number of hydrogen-bond acceptors (Lipinski definition) is 3. The molecule has 1 aliphatic carbocycles. The third-order valence-electron chi connectivity index (χ3n) is 1.08. The van der Waals surface area contributed by atoms with Crippen LogP contribution in [0.1, 0.15) is 0 Å². The highest BCUT2D eigenvalue weighted by atomic mass is 16.6. The maximum atomic E-state index is 8.79. The van der Waals surface area contributed by atoms with Crippen molar-refractivity contribution in [2.75, 3.05) is 0 Å². The summed E-state index contributed by atoms with van der Waals surface area (Å²) in [5, 5.41) is 31.5. The van der Waals surface area contributed by atoms with E-state index < -0.39 is 18.4 Å². The number of hydrogen-bond donors (Lipinski definition) is 4. The predicted octanol–water partition coefficient (Wildman–Crippen LogP) is 0.0566. The summed E-state index contributed by atoms with van der Waals surface area (Å²) in [6, 6.07) is 0. The van der Waals surface area contributed by atoms with E-state index in [4.69, 9.17) is 25.2 Å². The van der Waals surface area contributed by atoms with Gasteiger partial charge in [0.15, 0.2) is 0 Å². The highest BCUT2D eigenvalue weighted by molar-refractivity contribution is 5.53. The minimum atomic E-state index is -1.83. The van der Waals surface area contributed by atoms with Crippen LogP contribution in [-0.2, 0) is 0 Å². The molecule has 0 fully saturated rings. The molecule has 5 heteroatoms. The first-order valence-electron chi connectivity index (χ1n) is 3.17. The Morgan fingerprint density at radius 2 is 1.25 bits per heavy atom. The maximum Gasteiger partial charge on any atom is 0.503 e. The number of aliphatic hydroxyl groups excluding tert-OH is 2. The normalized spacial score (nSPS) is 25.8. The van der Waals surface area contributed by atoms with E-state index in [9.17, 15) is 0 Å². The molecule has 0 bridgehead atoms. The SMILES string of the molecule is O=C(O)O.O[C@@H]1C=CC=C[C@H]1O. The average Bonchev–Trinajstić information content (AvgIpc) is 1.94. The first-order chi connectivity index (χ1) is 5.54. The van der Waals surface area contributed by atoms with Crippen molar-refractivity contribution >= 4 is 6.16 Å². The van der Waals surface area contributed by atoms with Crippen molar-refractivity contribution in [3.8, 4) is 0 Å². The Kier molecular flexibility index (Phi) is 4.75. The lowest BCUT2D eigenvalue weighted by Crippen LogP contribution is -2.22. The topological polar surface area (TPSA) is 98.0 Å². The van der Waals surface area contributed by atoms with E-state index in [2.05, 4.69) is 0 Å². The van der Waals surface area contributed by atoms with E-state index in [1.807, 2.05) is 0 Å². The van der Waals surface area contributed by atoms with Crippen molar-refractivity contribution in [2.45, 2.75) is 12.2 Å². The second kappa shape index (κ2) is 5.34. The van der Waals surface area contributed by atoms with Gasteiger partial charge in [0.1, 0.15) is 12.2 Å². The molecule has 0 aliphatic heterocycles. The van der Waals surface area contributed by atoms with Crippen molar-refractivity contribution in [1.82, 2.24) is 0 Å². The van der Waals surface area contributed by atoms with E-state index in [0.29, 0.717) is 0 Å². The number of carboxylic acid groups (broad SMARTS) is 2. The van der Waals surface area contributed by atoms with Crippen LogP contribution < -0.4 is 0 Å². The molecule has 0 saturated carbocycles. The molecule has 0 saturated heterocycles. The van der Waals surface area contributed by atoms with Gasteiger partial charge in [-0.25, -0.2) is 4.79 Å². The smallest absolute Gasteiger partial charge is 0.450 e. The van der Waals surface area contributed by atoms with Gasteiger partial charge in [-0.15, -0.1) is 0 Å². The van der Waals surface area contributed by atoms with E-state index in [-0.39, 0.29) is 0 Å². The molecule has 1 rings (SSSR count). The molecule has 1 aliphatic rings. The van der Waals surface area contributed by atoms with Gasteiger partial charge in [0.25, 0.3) is 0 Å². The van der Waals surface area contributed by atoms with Gasteiger partial charge in [-0.1, -0.05) is 24.3 Å². The van der Waals surface area contributed by atoms with Crippen molar-refractivity contribution in [2.24, 2.45) is 0 Å². The molecule has 2 atom stereocenters. The lowest BCUT2D eigenvalue weighted by Gasteiger charge is -2.11. The number of allylic oxidation sites excluding steroid dienone is 2. The minimum Gasteiger partial charge on any atom is -0.450 e. The Morgan fingerprint density at radius 1 is 1.00 bits per heavy atom. The molecule has 0 radical (unpaired) electrons. The summed E-state index contributed by atoms with van der Waals surface area (Å²) in [5.74, 6) is 0. The molecule has 0 spiro atoms. The van der Waals surface area contributed by atoms with Crippen LogP contribution in [0.25, 0.3) is 0 Å². The number of carbonyl (C=O) groups is 1. The van der Waals surface area contributed by atoms with Crippen LogP contribution in [0.4, 0.5) is 4.79 Å². The van der Waals surface area contributed by atoms with Gasteiger partial charge in [0.05, 0.1) is 0 Å². The van der Waals surface area contributed by atoms with Crippen LogP contribution in [0.2, 0.25) is 0 Å². The van der Waals surface area contributed by atoms with Gasteiger partial charge >= 0.3 is 6.16 Å². The summed E-state index contributed by atoms with van der Waals surface area (Å²) in [5.41, 5.74) is 0.